The molecule has 0 saturated carbocycles. The molecule has 4 rings (SSSR count). The third-order valence-electron chi connectivity index (χ3n) is 7.69. The van der Waals surface area contributed by atoms with Gasteiger partial charge in [-0.05, 0) is 31.0 Å². The molecule has 0 spiro atoms. The van der Waals surface area contributed by atoms with Crippen molar-refractivity contribution in [1.82, 2.24) is 30.0 Å². The summed E-state index contributed by atoms with van der Waals surface area (Å²) >= 11 is 0. The number of nitrogens with one attached hydrogen (secondary N) is 1. The quantitative estimate of drug-likeness (QED) is 0.0510. The van der Waals surface area contributed by atoms with Gasteiger partial charge in [-0.25, -0.2) is 14.6 Å². The normalized spacial score (nSPS) is 11.6. The van der Waals surface area contributed by atoms with Crippen molar-refractivity contribution in [1.29, 1.82) is 0 Å². The molecular weight excluding hydrogens is 706 g/mol. The largest absolute Gasteiger partial charge is 0.424 e. The topological polar surface area (TPSA) is 251 Å². The van der Waals surface area contributed by atoms with Crippen LogP contribution >= 0.6 is 0 Å². The van der Waals surface area contributed by atoms with Crippen LogP contribution in [-0.4, -0.2) is 149 Å². The molecule has 1 aromatic carbocycles. The number of hydrogen-bond donors (Lipinski definition) is 4. The highest BCUT2D eigenvalue weighted by Gasteiger charge is 2.18. The van der Waals surface area contributed by atoms with E-state index >= 15 is 0 Å². The van der Waals surface area contributed by atoms with Crippen molar-refractivity contribution in [2.24, 2.45) is 5.73 Å². The molecule has 0 saturated heterocycles. The third kappa shape index (κ3) is 15.7. The number of amides is 1. The van der Waals surface area contributed by atoms with Gasteiger partial charge in [-0.15, -0.1) is 0 Å². The van der Waals surface area contributed by atoms with Crippen molar-refractivity contribution < 1.29 is 47.1 Å². The van der Waals surface area contributed by atoms with Crippen LogP contribution in [0.15, 0.2) is 28.9 Å². The van der Waals surface area contributed by atoms with E-state index in [4.69, 9.17) is 64.6 Å². The summed E-state index contributed by atoms with van der Waals surface area (Å²) in [4.78, 5) is 25.0. The molecule has 0 atom stereocenters. The number of hydrogen-bond acceptors (Lipinski definition) is 17. The van der Waals surface area contributed by atoms with E-state index < -0.39 is 0 Å². The van der Waals surface area contributed by atoms with Crippen molar-refractivity contribution >= 4 is 39.9 Å². The van der Waals surface area contributed by atoms with Crippen molar-refractivity contribution in [3.05, 3.63) is 24.5 Å². The number of ether oxygens (including phenoxy) is 8. The van der Waals surface area contributed by atoms with Crippen LogP contribution in [0.5, 0.6) is 0 Å². The summed E-state index contributed by atoms with van der Waals surface area (Å²) in [5, 5.41) is 8.39. The molecule has 19 heteroatoms. The Bertz CT molecular complexity index is 1620. The fourth-order valence-corrected chi connectivity index (χ4v) is 5.07. The second-order valence-corrected chi connectivity index (χ2v) is 11.8. The van der Waals surface area contributed by atoms with Crippen LogP contribution in [0.2, 0.25) is 0 Å². The minimum Gasteiger partial charge on any atom is -0.424 e. The van der Waals surface area contributed by atoms with Crippen molar-refractivity contribution in [2.75, 3.05) is 130 Å². The zero-order valence-electron chi connectivity index (χ0n) is 30.9. The molecule has 300 valence electrons. The highest BCUT2D eigenvalue weighted by Crippen LogP contribution is 2.32. The van der Waals surface area contributed by atoms with Crippen LogP contribution < -0.4 is 22.5 Å². The number of nitrogens with zero attached hydrogens (tertiary/aromatic N) is 5. The lowest BCUT2D eigenvalue weighted by Gasteiger charge is -2.09. The molecule has 0 aliphatic carbocycles. The average molecular weight is 762 g/mol. The maximum atomic E-state index is 12.2. The molecule has 19 nitrogen and oxygen atoms in total. The number of aryl methyl sites for hydroxylation is 1. The van der Waals surface area contributed by atoms with Crippen LogP contribution in [0.3, 0.4) is 0 Å². The average Bonchev–Trinajstić information content (AvgIpc) is 3.74. The van der Waals surface area contributed by atoms with Crippen LogP contribution in [0.1, 0.15) is 19.3 Å². The molecule has 1 amide bonds. The fourth-order valence-electron chi connectivity index (χ4n) is 5.07. The Morgan fingerprint density at radius 3 is 1.85 bits per heavy atom. The molecule has 0 radical (unpaired) electrons. The van der Waals surface area contributed by atoms with Crippen molar-refractivity contribution in [3.8, 4) is 11.3 Å². The molecular formula is C35H55N9O10. The second kappa shape index (κ2) is 25.9. The summed E-state index contributed by atoms with van der Waals surface area (Å²) in [5.74, 6) is 0.271. The van der Waals surface area contributed by atoms with Gasteiger partial charge in [-0.3, -0.25) is 4.79 Å². The lowest BCUT2D eigenvalue weighted by atomic mass is 10.1. The highest BCUT2D eigenvalue weighted by atomic mass is 16.6. The van der Waals surface area contributed by atoms with Crippen molar-refractivity contribution in [2.45, 2.75) is 25.8 Å². The van der Waals surface area contributed by atoms with Gasteiger partial charge in [-0.2, -0.15) is 10.1 Å². The van der Waals surface area contributed by atoms with E-state index in [0.717, 1.165) is 18.4 Å². The van der Waals surface area contributed by atoms with Crippen LogP contribution in [-0.2, 0) is 49.2 Å². The van der Waals surface area contributed by atoms with Gasteiger partial charge in [-0.1, -0.05) is 0 Å². The molecule has 7 N–H and O–H groups in total. The number of oxazole rings is 1. The molecule has 54 heavy (non-hydrogen) atoms. The van der Waals surface area contributed by atoms with E-state index in [0.29, 0.717) is 159 Å². The van der Waals surface area contributed by atoms with E-state index in [-0.39, 0.29) is 18.3 Å². The number of aromatic nitrogens is 5. The van der Waals surface area contributed by atoms with E-state index in [1.165, 1.54) is 6.33 Å². The summed E-state index contributed by atoms with van der Waals surface area (Å²) < 4.78 is 50.7. The smallest absolute Gasteiger partial charge is 0.292 e. The van der Waals surface area contributed by atoms with Crippen LogP contribution in [0, 0.1) is 0 Å². The van der Waals surface area contributed by atoms with E-state index in [9.17, 15) is 4.79 Å². The monoisotopic (exact) mass is 761 g/mol. The van der Waals surface area contributed by atoms with Gasteiger partial charge in [0.1, 0.15) is 23.4 Å². The molecule has 0 aliphatic rings. The number of unbranched alkanes of at least 4 members (excludes halogenated alkanes) is 1. The Morgan fingerprint density at radius 2 is 1.28 bits per heavy atom. The minimum atomic E-state index is -0.0678. The zero-order chi connectivity index (χ0) is 38.1. The standard InChI is InChI=1S/C35H55N9O10/c36-6-10-47-12-14-49-16-18-51-20-22-53-24-23-52-21-19-50-17-15-48-13-11-46-9-5-30(45)39-7-1-2-8-44-34-31(33(37)40-26-41-34)32(43-44)27-3-4-29-28(25-27)42-35(38)54-29/h3-4,25-26H,1-2,5-24,36H2,(H2,38,42)(H,39,45)(H2,37,40,41). The summed E-state index contributed by atoms with van der Waals surface area (Å²) in [7, 11) is 0. The minimum absolute atomic E-state index is 0.0678. The van der Waals surface area contributed by atoms with Crippen LogP contribution in [0.25, 0.3) is 33.4 Å². The number of anilines is 2. The molecule has 3 heterocycles. The summed E-state index contributed by atoms with van der Waals surface area (Å²) in [6.07, 6.45) is 3.22. The number of nitrogens with two attached hydrogens (primary N) is 3. The Morgan fingerprint density at radius 1 is 0.722 bits per heavy atom. The van der Waals surface area contributed by atoms with E-state index in [1.54, 1.807) is 6.07 Å². The molecule has 4 aromatic rings. The molecule has 0 unspecified atom stereocenters. The van der Waals surface area contributed by atoms with E-state index in [2.05, 4.69) is 20.3 Å². The number of benzene rings is 1. The van der Waals surface area contributed by atoms with Gasteiger partial charge in [0, 0.05) is 31.6 Å². The van der Waals surface area contributed by atoms with Crippen LogP contribution in [0.4, 0.5) is 11.8 Å². The predicted molar refractivity (Wildman–Crippen MR) is 200 cm³/mol. The summed E-state index contributed by atoms with van der Waals surface area (Å²) in [6.45, 7) is 9.25. The van der Waals surface area contributed by atoms with Gasteiger partial charge < -0.3 is 64.8 Å². The Balaban J connectivity index is 0.917. The first-order chi connectivity index (χ1) is 26.6. The maximum absolute atomic E-state index is 12.2. The molecule has 0 aliphatic heterocycles. The molecule has 0 bridgehead atoms. The van der Waals surface area contributed by atoms with Gasteiger partial charge in [0.2, 0.25) is 5.91 Å². The number of carbonyl (C=O) groups excluding carboxylic acids is 1. The number of carbonyl (C=O) groups is 1. The van der Waals surface area contributed by atoms with Crippen molar-refractivity contribution in [3.63, 3.8) is 0 Å². The zero-order valence-corrected chi connectivity index (χ0v) is 30.9. The second-order valence-electron chi connectivity index (χ2n) is 11.8. The Labute approximate surface area is 314 Å². The van der Waals surface area contributed by atoms with E-state index in [1.807, 2.05) is 16.8 Å². The first kappa shape index (κ1) is 42.7. The Kier molecular flexibility index (Phi) is 20.5. The first-order valence-corrected chi connectivity index (χ1v) is 18.3. The van der Waals surface area contributed by atoms with Gasteiger partial charge in [0.25, 0.3) is 6.01 Å². The maximum Gasteiger partial charge on any atom is 0.292 e. The summed E-state index contributed by atoms with van der Waals surface area (Å²) in [5.41, 5.74) is 20.6. The first-order valence-electron chi connectivity index (χ1n) is 18.3. The SMILES string of the molecule is NCCOCCOCCOCCOCCOCCOCCOCCOCCC(=O)NCCCCn1nc(-c2ccc3oc(N)nc3c2)c2c(N)ncnc21. The highest BCUT2D eigenvalue weighted by molar-refractivity contribution is 5.99. The third-order valence-corrected chi connectivity index (χ3v) is 7.69. The van der Waals surface area contributed by atoms with Gasteiger partial charge >= 0.3 is 0 Å². The number of fused-ring (bicyclic) bond motifs is 2. The lowest BCUT2D eigenvalue weighted by Crippen LogP contribution is -2.26. The molecule has 0 fully saturated rings. The number of rotatable bonds is 32. The fraction of sp³-hybridized carbons (Fsp3) is 0.629. The summed E-state index contributed by atoms with van der Waals surface area (Å²) in [6, 6.07) is 5.61. The van der Waals surface area contributed by atoms with Gasteiger partial charge in [0.15, 0.2) is 11.2 Å². The van der Waals surface area contributed by atoms with Gasteiger partial charge in [0.05, 0.1) is 111 Å². The molecule has 3 aromatic heterocycles. The Hall–Kier alpha value is -4.05. The predicted octanol–water partition coefficient (Wildman–Crippen LogP) is 1.18. The number of nitrogen functional groups attached to an aromatic ring is 2. The lowest BCUT2D eigenvalue weighted by molar-refractivity contribution is -0.122.